The lowest BCUT2D eigenvalue weighted by Gasteiger charge is -2.36. The van der Waals surface area contributed by atoms with Gasteiger partial charge in [0.2, 0.25) is 0 Å². The fraction of sp³-hybridized carbons (Fsp3) is 1.00. The number of alkyl halides is 1. The third-order valence-corrected chi connectivity index (χ3v) is 5.75. The second-order valence-corrected chi connectivity index (χ2v) is 6.76. The molecule has 1 unspecified atom stereocenters. The maximum atomic E-state index is 12.4. The number of piperidine rings is 1. The van der Waals surface area contributed by atoms with Gasteiger partial charge in [-0.05, 0) is 26.2 Å². The fourth-order valence-electron chi connectivity index (χ4n) is 2.24. The molecule has 0 aromatic rings. The summed E-state index contributed by atoms with van der Waals surface area (Å²) in [6.45, 7) is 5.56. The summed E-state index contributed by atoms with van der Waals surface area (Å²) in [5.41, 5.74) is 0. The molecule has 0 aliphatic carbocycles. The Morgan fingerprint density at radius 2 is 2.12 bits per heavy atom. The van der Waals surface area contributed by atoms with Gasteiger partial charge in [-0.15, -0.1) is 11.6 Å². The first kappa shape index (κ1) is 15.2. The van der Waals surface area contributed by atoms with Gasteiger partial charge in [0, 0.05) is 31.6 Å². The molecule has 1 aliphatic rings. The van der Waals surface area contributed by atoms with Gasteiger partial charge in [-0.3, -0.25) is 0 Å². The van der Waals surface area contributed by atoms with Crippen LogP contribution in [0.1, 0.15) is 39.5 Å². The number of hydrogen-bond donors (Lipinski definition) is 0. The third-order valence-electron chi connectivity index (χ3n) is 3.26. The van der Waals surface area contributed by atoms with Crippen LogP contribution in [0.5, 0.6) is 0 Å². The molecule has 1 saturated heterocycles. The second kappa shape index (κ2) is 6.92. The third kappa shape index (κ3) is 3.81. The van der Waals surface area contributed by atoms with Crippen LogP contribution in [0.3, 0.4) is 0 Å². The molecule has 1 atom stereocenters. The Morgan fingerprint density at radius 1 is 1.41 bits per heavy atom. The molecule has 102 valence electrons. The highest BCUT2D eigenvalue weighted by molar-refractivity contribution is 7.86. The van der Waals surface area contributed by atoms with Gasteiger partial charge in [0.05, 0.1) is 0 Å². The second-order valence-electron chi connectivity index (χ2n) is 4.50. The molecule has 4 nitrogen and oxygen atoms in total. The van der Waals surface area contributed by atoms with Gasteiger partial charge in [0.25, 0.3) is 10.2 Å². The summed E-state index contributed by atoms with van der Waals surface area (Å²) in [6, 6.07) is 0.124. The van der Waals surface area contributed by atoms with Gasteiger partial charge < -0.3 is 0 Å². The summed E-state index contributed by atoms with van der Waals surface area (Å²) < 4.78 is 28.1. The quantitative estimate of drug-likeness (QED) is 0.700. The van der Waals surface area contributed by atoms with Crippen LogP contribution in [0, 0.1) is 0 Å². The SMILES string of the molecule is CCN(CCCCl)S(=O)(=O)N1CCCCC1C. The van der Waals surface area contributed by atoms with E-state index in [0.29, 0.717) is 31.9 Å². The van der Waals surface area contributed by atoms with E-state index in [9.17, 15) is 8.42 Å². The van der Waals surface area contributed by atoms with Crippen molar-refractivity contribution in [3.63, 3.8) is 0 Å². The predicted octanol–water partition coefficient (Wildman–Crippen LogP) is 2.06. The van der Waals surface area contributed by atoms with Crippen molar-refractivity contribution in [1.82, 2.24) is 8.61 Å². The van der Waals surface area contributed by atoms with E-state index in [0.717, 1.165) is 19.3 Å². The lowest BCUT2D eigenvalue weighted by atomic mass is 10.1. The minimum absolute atomic E-state index is 0.124. The van der Waals surface area contributed by atoms with Crippen LogP contribution in [-0.2, 0) is 10.2 Å². The van der Waals surface area contributed by atoms with Gasteiger partial charge in [-0.25, -0.2) is 0 Å². The van der Waals surface area contributed by atoms with Crippen LogP contribution in [-0.4, -0.2) is 48.6 Å². The molecule has 0 aromatic carbocycles. The Balaban J connectivity index is 2.75. The van der Waals surface area contributed by atoms with Crippen molar-refractivity contribution in [2.75, 3.05) is 25.5 Å². The highest BCUT2D eigenvalue weighted by Gasteiger charge is 2.33. The zero-order chi connectivity index (χ0) is 12.9. The van der Waals surface area contributed by atoms with E-state index < -0.39 is 10.2 Å². The van der Waals surface area contributed by atoms with Gasteiger partial charge in [-0.2, -0.15) is 17.0 Å². The smallest absolute Gasteiger partial charge is 0.195 e. The molecule has 0 radical (unpaired) electrons. The van der Waals surface area contributed by atoms with Crippen LogP contribution >= 0.6 is 11.6 Å². The van der Waals surface area contributed by atoms with Crippen molar-refractivity contribution >= 4 is 21.8 Å². The molecule has 0 aromatic heterocycles. The molecule has 0 amide bonds. The van der Waals surface area contributed by atoms with Gasteiger partial charge in [-0.1, -0.05) is 13.3 Å². The molecular formula is C11H23ClN2O2S. The highest BCUT2D eigenvalue weighted by atomic mass is 35.5. The minimum Gasteiger partial charge on any atom is -0.195 e. The minimum atomic E-state index is -3.29. The summed E-state index contributed by atoms with van der Waals surface area (Å²) in [7, 11) is -3.29. The lowest BCUT2D eigenvalue weighted by Crippen LogP contribution is -2.49. The molecule has 1 heterocycles. The van der Waals surface area contributed by atoms with Crippen LogP contribution in [0.2, 0.25) is 0 Å². The van der Waals surface area contributed by atoms with E-state index >= 15 is 0 Å². The molecule has 0 spiro atoms. The zero-order valence-electron chi connectivity index (χ0n) is 10.7. The first-order valence-electron chi connectivity index (χ1n) is 6.37. The topological polar surface area (TPSA) is 40.6 Å². The average Bonchev–Trinajstić information content (AvgIpc) is 2.30. The van der Waals surface area contributed by atoms with Gasteiger partial charge in [0.15, 0.2) is 0 Å². The number of rotatable bonds is 6. The highest BCUT2D eigenvalue weighted by Crippen LogP contribution is 2.22. The Labute approximate surface area is 110 Å². The van der Waals surface area contributed by atoms with Gasteiger partial charge in [0.1, 0.15) is 0 Å². The van der Waals surface area contributed by atoms with Crippen molar-refractivity contribution < 1.29 is 8.42 Å². The summed E-state index contributed by atoms with van der Waals surface area (Å²) in [5.74, 6) is 0.502. The Bertz CT molecular complexity index is 321. The van der Waals surface area contributed by atoms with Crippen molar-refractivity contribution in [1.29, 1.82) is 0 Å². The Kier molecular flexibility index (Phi) is 6.20. The standard InChI is InChI=1S/C11H23ClN2O2S/c1-3-13(9-6-8-12)17(15,16)14-10-5-4-7-11(14)2/h11H,3-10H2,1-2H3. The van der Waals surface area contributed by atoms with Crippen LogP contribution < -0.4 is 0 Å². The predicted molar refractivity (Wildman–Crippen MR) is 71.5 cm³/mol. The van der Waals surface area contributed by atoms with Crippen molar-refractivity contribution in [2.45, 2.75) is 45.6 Å². The van der Waals surface area contributed by atoms with Crippen molar-refractivity contribution in [3.05, 3.63) is 0 Å². The maximum absolute atomic E-state index is 12.4. The molecule has 0 N–H and O–H groups in total. The molecule has 17 heavy (non-hydrogen) atoms. The van der Waals surface area contributed by atoms with Crippen LogP contribution in [0.25, 0.3) is 0 Å². The summed E-state index contributed by atoms with van der Waals surface area (Å²) in [5, 5.41) is 0. The molecular weight excluding hydrogens is 260 g/mol. The molecule has 0 bridgehead atoms. The first-order chi connectivity index (χ1) is 8.04. The average molecular weight is 283 g/mol. The summed E-state index contributed by atoms with van der Waals surface area (Å²) in [4.78, 5) is 0. The van der Waals surface area contributed by atoms with E-state index in [-0.39, 0.29) is 6.04 Å². The Hall–Kier alpha value is 0.160. The molecule has 1 fully saturated rings. The van der Waals surface area contributed by atoms with Crippen LogP contribution in [0.15, 0.2) is 0 Å². The normalized spacial score (nSPS) is 23.2. The first-order valence-corrected chi connectivity index (χ1v) is 8.30. The summed E-state index contributed by atoms with van der Waals surface area (Å²) >= 11 is 5.63. The van der Waals surface area contributed by atoms with Crippen LogP contribution in [0.4, 0.5) is 0 Å². The molecule has 0 saturated carbocycles. The fourth-order valence-corrected chi connectivity index (χ4v) is 4.26. The largest absolute Gasteiger partial charge is 0.282 e. The monoisotopic (exact) mass is 282 g/mol. The van der Waals surface area contributed by atoms with Gasteiger partial charge >= 0.3 is 0 Å². The molecule has 1 aliphatic heterocycles. The number of hydrogen-bond acceptors (Lipinski definition) is 2. The molecule has 6 heteroatoms. The van der Waals surface area contributed by atoms with E-state index in [1.165, 1.54) is 4.31 Å². The van der Waals surface area contributed by atoms with Crippen molar-refractivity contribution in [3.8, 4) is 0 Å². The zero-order valence-corrected chi connectivity index (χ0v) is 12.3. The lowest BCUT2D eigenvalue weighted by molar-refractivity contribution is 0.245. The molecule has 1 rings (SSSR count). The Morgan fingerprint density at radius 3 is 2.65 bits per heavy atom. The maximum Gasteiger partial charge on any atom is 0.282 e. The van der Waals surface area contributed by atoms with E-state index in [1.54, 1.807) is 4.31 Å². The van der Waals surface area contributed by atoms with E-state index in [1.807, 2.05) is 13.8 Å². The van der Waals surface area contributed by atoms with E-state index in [2.05, 4.69) is 0 Å². The summed E-state index contributed by atoms with van der Waals surface area (Å²) in [6.07, 6.45) is 3.76. The van der Waals surface area contributed by atoms with Crippen molar-refractivity contribution in [2.24, 2.45) is 0 Å². The number of nitrogens with zero attached hydrogens (tertiary/aromatic N) is 2. The number of halogens is 1. The van der Waals surface area contributed by atoms with E-state index in [4.69, 9.17) is 11.6 Å².